The van der Waals surface area contributed by atoms with Crippen LogP contribution >= 0.6 is 0 Å². The zero-order chi connectivity index (χ0) is 14.7. The van der Waals surface area contributed by atoms with Gasteiger partial charge in [-0.25, -0.2) is 4.98 Å². The molecule has 4 N–H and O–H groups in total. The van der Waals surface area contributed by atoms with E-state index >= 15 is 0 Å². The summed E-state index contributed by atoms with van der Waals surface area (Å²) in [7, 11) is 1.60. The monoisotopic (exact) mass is 273 g/mol. The zero-order valence-electron chi connectivity index (χ0n) is 11.7. The predicted molar refractivity (Wildman–Crippen MR) is 76.8 cm³/mol. The molecule has 1 aromatic carbocycles. The van der Waals surface area contributed by atoms with Gasteiger partial charge in [0.05, 0.1) is 13.3 Å². The molecule has 1 heterocycles. The predicted octanol–water partition coefficient (Wildman–Crippen LogP) is 2.37. The summed E-state index contributed by atoms with van der Waals surface area (Å²) in [4.78, 5) is 7.73. The molecule has 0 saturated heterocycles. The molecule has 0 atom stereocenters. The molecule has 0 fully saturated rings. The van der Waals surface area contributed by atoms with Crippen molar-refractivity contribution in [2.75, 3.05) is 18.6 Å². The smallest absolute Gasteiger partial charge is 0.222 e. The van der Waals surface area contributed by atoms with Gasteiger partial charge in [-0.3, -0.25) is 0 Å². The van der Waals surface area contributed by atoms with E-state index in [2.05, 4.69) is 29.9 Å². The minimum absolute atomic E-state index is 0.111. The Labute approximate surface area is 117 Å². The first kappa shape index (κ1) is 13.9. The van der Waals surface area contributed by atoms with Gasteiger partial charge in [-0.2, -0.15) is 4.98 Å². The fourth-order valence-corrected chi connectivity index (χ4v) is 1.73. The van der Waals surface area contributed by atoms with Crippen molar-refractivity contribution in [1.29, 1.82) is 0 Å². The van der Waals surface area contributed by atoms with Gasteiger partial charge in [-0.15, -0.1) is 0 Å². The van der Waals surface area contributed by atoms with E-state index in [9.17, 15) is 0 Å². The van der Waals surface area contributed by atoms with Gasteiger partial charge in [0.25, 0.3) is 0 Å². The van der Waals surface area contributed by atoms with Gasteiger partial charge in [0.1, 0.15) is 11.5 Å². The van der Waals surface area contributed by atoms with Crippen molar-refractivity contribution in [2.24, 2.45) is 0 Å². The third-order valence-corrected chi connectivity index (χ3v) is 2.78. The molecule has 1 radical (unpaired) electrons. The van der Waals surface area contributed by atoms with Gasteiger partial charge >= 0.3 is 0 Å². The Bertz CT molecular complexity index is 614. The van der Waals surface area contributed by atoms with Crippen molar-refractivity contribution in [1.82, 2.24) is 9.97 Å². The zero-order valence-corrected chi connectivity index (χ0v) is 11.7. The van der Waals surface area contributed by atoms with Crippen molar-refractivity contribution in [3.63, 3.8) is 0 Å². The largest absolute Gasteiger partial charge is 0.496 e. The van der Waals surface area contributed by atoms with E-state index in [1.807, 2.05) is 6.07 Å². The number of anilines is 2. The molecule has 0 aliphatic rings. The van der Waals surface area contributed by atoms with Gasteiger partial charge in [-0.1, -0.05) is 13.8 Å². The molecule has 1 aromatic heterocycles. The van der Waals surface area contributed by atoms with Gasteiger partial charge in [-0.05, 0) is 18.1 Å². The third-order valence-electron chi connectivity index (χ3n) is 2.78. The summed E-state index contributed by atoms with van der Waals surface area (Å²) in [6, 6.07) is 6.58. The molecule has 6 nitrogen and oxygen atoms in total. The Morgan fingerprint density at radius 2 is 2.00 bits per heavy atom. The van der Waals surface area contributed by atoms with Crippen LogP contribution in [-0.4, -0.2) is 17.1 Å². The first-order chi connectivity index (χ1) is 9.51. The summed E-state index contributed by atoms with van der Waals surface area (Å²) in [6.07, 6.45) is 1.45. The Morgan fingerprint density at radius 1 is 1.25 bits per heavy atom. The van der Waals surface area contributed by atoms with E-state index in [0.717, 1.165) is 5.56 Å². The SMILES string of the molecule is COc1[c]cc(Oc2cnc(N)nc2N)c(C(C)C)c1. The Hall–Kier alpha value is -2.50. The molecule has 105 valence electrons. The lowest BCUT2D eigenvalue weighted by Gasteiger charge is -2.15. The maximum absolute atomic E-state index is 5.76. The van der Waals surface area contributed by atoms with Gasteiger partial charge in [0.15, 0.2) is 11.6 Å². The lowest BCUT2D eigenvalue weighted by atomic mass is 10.0. The van der Waals surface area contributed by atoms with Crippen LogP contribution in [0.15, 0.2) is 18.3 Å². The van der Waals surface area contributed by atoms with Crippen LogP contribution in [0.25, 0.3) is 0 Å². The van der Waals surface area contributed by atoms with Crippen LogP contribution in [0.2, 0.25) is 0 Å². The molecular weight excluding hydrogens is 256 g/mol. The molecule has 0 aliphatic carbocycles. The maximum atomic E-state index is 5.76. The van der Waals surface area contributed by atoms with Crippen molar-refractivity contribution < 1.29 is 9.47 Å². The fourth-order valence-electron chi connectivity index (χ4n) is 1.73. The maximum Gasteiger partial charge on any atom is 0.222 e. The van der Waals surface area contributed by atoms with E-state index in [-0.39, 0.29) is 17.7 Å². The van der Waals surface area contributed by atoms with Gasteiger partial charge < -0.3 is 20.9 Å². The van der Waals surface area contributed by atoms with Crippen LogP contribution < -0.4 is 20.9 Å². The lowest BCUT2D eigenvalue weighted by Crippen LogP contribution is -2.02. The summed E-state index contributed by atoms with van der Waals surface area (Å²) in [5.41, 5.74) is 12.2. The molecule has 2 rings (SSSR count). The Balaban J connectivity index is 2.37. The Morgan fingerprint density at radius 3 is 2.60 bits per heavy atom. The van der Waals surface area contributed by atoms with E-state index in [0.29, 0.717) is 17.2 Å². The summed E-state index contributed by atoms with van der Waals surface area (Å²) in [5.74, 6) is 2.22. The van der Waals surface area contributed by atoms with Crippen molar-refractivity contribution >= 4 is 11.8 Å². The average molecular weight is 273 g/mol. The second kappa shape index (κ2) is 5.64. The summed E-state index contributed by atoms with van der Waals surface area (Å²) >= 11 is 0. The van der Waals surface area contributed by atoms with Crippen molar-refractivity contribution in [2.45, 2.75) is 19.8 Å². The normalized spacial score (nSPS) is 10.6. The lowest BCUT2D eigenvalue weighted by molar-refractivity contribution is 0.410. The quantitative estimate of drug-likeness (QED) is 0.887. The summed E-state index contributed by atoms with van der Waals surface area (Å²) < 4.78 is 10.9. The first-order valence-electron chi connectivity index (χ1n) is 6.16. The van der Waals surface area contributed by atoms with Crippen molar-refractivity contribution in [3.8, 4) is 17.2 Å². The third kappa shape index (κ3) is 2.90. The number of nitrogens with zero attached hydrogens (tertiary/aromatic N) is 2. The highest BCUT2D eigenvalue weighted by Crippen LogP contribution is 2.34. The highest BCUT2D eigenvalue weighted by atomic mass is 16.5. The number of nitrogen functional groups attached to an aromatic ring is 2. The summed E-state index contributed by atoms with van der Waals surface area (Å²) in [5, 5.41) is 0. The minimum atomic E-state index is 0.111. The molecule has 0 bridgehead atoms. The number of aromatic nitrogens is 2. The number of ether oxygens (including phenoxy) is 2. The molecule has 6 heteroatoms. The van der Waals surface area contributed by atoms with Crippen LogP contribution in [0.3, 0.4) is 0 Å². The van der Waals surface area contributed by atoms with E-state index in [1.165, 1.54) is 6.20 Å². The molecule has 0 spiro atoms. The van der Waals surface area contributed by atoms with E-state index < -0.39 is 0 Å². The van der Waals surface area contributed by atoms with Gasteiger partial charge in [0, 0.05) is 11.6 Å². The number of methoxy groups -OCH3 is 1. The van der Waals surface area contributed by atoms with Crippen LogP contribution in [0.5, 0.6) is 17.2 Å². The van der Waals surface area contributed by atoms with Crippen LogP contribution in [0.1, 0.15) is 25.3 Å². The number of benzene rings is 1. The van der Waals surface area contributed by atoms with Gasteiger partial charge in [0.2, 0.25) is 5.95 Å². The second-order valence-corrected chi connectivity index (χ2v) is 4.56. The number of nitrogens with two attached hydrogens (primary N) is 2. The molecule has 0 aliphatic heterocycles. The Kier molecular flexibility index (Phi) is 3.93. The second-order valence-electron chi connectivity index (χ2n) is 4.56. The van der Waals surface area contributed by atoms with Crippen LogP contribution in [0.4, 0.5) is 11.8 Å². The highest BCUT2D eigenvalue weighted by Gasteiger charge is 2.13. The first-order valence-corrected chi connectivity index (χ1v) is 6.16. The van der Waals surface area contributed by atoms with E-state index in [1.54, 1.807) is 13.2 Å². The minimum Gasteiger partial charge on any atom is -0.496 e. The molecule has 2 aromatic rings. The molecular formula is C14H17N4O2. The number of rotatable bonds is 4. The number of hydrogen-bond donors (Lipinski definition) is 2. The standard InChI is InChI=1S/C14H17N4O2/c1-8(2)10-6-9(19-3)4-5-11(10)20-12-7-17-14(16)18-13(12)15/h5-8H,1-3H3,(H4,15,16,17,18). The average Bonchev–Trinajstić information content (AvgIpc) is 2.42. The van der Waals surface area contributed by atoms with Crippen LogP contribution in [-0.2, 0) is 0 Å². The number of hydrogen-bond acceptors (Lipinski definition) is 6. The molecule has 0 unspecified atom stereocenters. The topological polar surface area (TPSA) is 96.3 Å². The van der Waals surface area contributed by atoms with Crippen LogP contribution in [0, 0.1) is 6.07 Å². The highest BCUT2D eigenvalue weighted by molar-refractivity contribution is 5.51. The summed E-state index contributed by atoms with van der Waals surface area (Å²) in [6.45, 7) is 4.12. The molecule has 20 heavy (non-hydrogen) atoms. The van der Waals surface area contributed by atoms with Crippen molar-refractivity contribution in [3.05, 3.63) is 30.0 Å². The molecule has 0 saturated carbocycles. The van der Waals surface area contributed by atoms with E-state index in [4.69, 9.17) is 20.9 Å². The molecule has 0 amide bonds. The fraction of sp³-hybridized carbons (Fsp3) is 0.286.